The summed E-state index contributed by atoms with van der Waals surface area (Å²) in [5.74, 6) is -7.53. The number of amides is 1. The van der Waals surface area contributed by atoms with E-state index < -0.39 is 77.8 Å². The van der Waals surface area contributed by atoms with Gasteiger partial charge in [-0.25, -0.2) is 4.79 Å². The number of hydrogen-bond acceptors (Lipinski definition) is 12. The second-order valence-corrected chi connectivity index (χ2v) is 17.7. The van der Waals surface area contributed by atoms with E-state index in [-0.39, 0.29) is 62.1 Å². The molecule has 1 saturated carbocycles. The summed E-state index contributed by atoms with van der Waals surface area (Å²) >= 11 is 0. The molecule has 1 unspecified atom stereocenters. The van der Waals surface area contributed by atoms with Crippen LogP contribution >= 0.6 is 0 Å². The van der Waals surface area contributed by atoms with Crippen LogP contribution in [-0.2, 0) is 42.9 Å². The quantitative estimate of drug-likeness (QED) is 0.178. The van der Waals surface area contributed by atoms with Crippen LogP contribution in [0.3, 0.4) is 0 Å². The van der Waals surface area contributed by atoms with E-state index in [0.717, 1.165) is 5.57 Å². The third-order valence-electron chi connectivity index (χ3n) is 13.1. The van der Waals surface area contributed by atoms with Crippen molar-refractivity contribution < 1.29 is 58.2 Å². The lowest BCUT2D eigenvalue weighted by Gasteiger charge is -2.45. The average molecular weight is 818 g/mol. The number of nitrogens with zero attached hydrogens (tertiary/aromatic N) is 1. The first kappa shape index (κ1) is 47.9. The minimum Gasteiger partial charge on any atom is -0.456 e. The van der Waals surface area contributed by atoms with Gasteiger partial charge in [0.2, 0.25) is 5.79 Å². The fourth-order valence-corrected chi connectivity index (χ4v) is 9.60. The standard InChI is InChI=1S/C45H71NO12/c1-10-13-32-19-26(2)18-27(3)20-33(54-7)24-40-39(56-9)22-29(5)45(53,58-40)42(50)43(51)46-17-12-11-14-34(46)44(52)57-41(30(6)36(48)25-37(32)49)28(4)21-31-15-16-35(47)38(23-31)55-8/h10,19,21,27,29-36,38-41,47-48,53H,1,11-18,20,22-25H2,2-9H3/b26-19+,28-21+/t27-,29+,30+,31-,32+,33-,34-,35+,36-,38+,39-,40?,41+,45+/m0/s1. The van der Waals surface area contributed by atoms with Gasteiger partial charge in [0.15, 0.2) is 0 Å². The van der Waals surface area contributed by atoms with E-state index in [2.05, 4.69) is 13.5 Å². The van der Waals surface area contributed by atoms with Gasteiger partial charge < -0.3 is 43.9 Å². The Bertz CT molecular complexity index is 1500. The molecule has 0 aromatic carbocycles. The van der Waals surface area contributed by atoms with Gasteiger partial charge in [-0.05, 0) is 95.5 Å². The molecule has 0 aromatic rings. The Hall–Kier alpha value is -2.78. The van der Waals surface area contributed by atoms with Crippen molar-refractivity contribution in [3.05, 3.63) is 36.0 Å². The van der Waals surface area contributed by atoms with E-state index in [4.69, 9.17) is 23.7 Å². The third-order valence-corrected chi connectivity index (χ3v) is 13.1. The van der Waals surface area contributed by atoms with Crippen LogP contribution < -0.4 is 0 Å². The number of carbonyl (C=O) groups is 4. The Morgan fingerprint density at radius 3 is 2.29 bits per heavy atom. The van der Waals surface area contributed by atoms with Gasteiger partial charge in [-0.1, -0.05) is 44.6 Å². The van der Waals surface area contributed by atoms with Crippen LogP contribution in [0.4, 0.5) is 0 Å². The molecule has 2 saturated heterocycles. The molecule has 3 N–H and O–H groups in total. The van der Waals surface area contributed by atoms with Crippen LogP contribution in [0.1, 0.15) is 112 Å². The maximum atomic E-state index is 14.3. The maximum absolute atomic E-state index is 14.3. The minimum atomic E-state index is -2.47. The largest absolute Gasteiger partial charge is 0.456 e. The fraction of sp³-hybridized carbons (Fsp3) is 0.778. The van der Waals surface area contributed by atoms with Gasteiger partial charge in [-0.2, -0.15) is 0 Å². The molecule has 3 heterocycles. The van der Waals surface area contributed by atoms with Crippen molar-refractivity contribution >= 4 is 23.4 Å². The highest BCUT2D eigenvalue weighted by Gasteiger charge is 2.55. The Balaban J connectivity index is 1.76. The van der Waals surface area contributed by atoms with Crippen molar-refractivity contribution in [2.75, 3.05) is 27.9 Å². The van der Waals surface area contributed by atoms with Crippen LogP contribution in [0.2, 0.25) is 0 Å². The Morgan fingerprint density at radius 2 is 1.64 bits per heavy atom. The Morgan fingerprint density at radius 1 is 0.931 bits per heavy atom. The van der Waals surface area contributed by atoms with Gasteiger partial charge in [0.1, 0.15) is 17.9 Å². The summed E-state index contributed by atoms with van der Waals surface area (Å²) in [6, 6.07) is -1.14. The molecule has 1 aliphatic carbocycles. The number of ketones is 2. The minimum absolute atomic E-state index is 0.0100. The van der Waals surface area contributed by atoms with E-state index in [1.54, 1.807) is 41.3 Å². The normalized spacial score (nSPS) is 40.7. The lowest BCUT2D eigenvalue weighted by Crippen LogP contribution is -2.63. The van der Waals surface area contributed by atoms with Gasteiger partial charge in [-0.15, -0.1) is 6.58 Å². The number of cyclic esters (lactones) is 1. The first-order valence-electron chi connectivity index (χ1n) is 21.4. The molecule has 328 valence electrons. The molecule has 3 aliphatic heterocycles. The molecule has 4 rings (SSSR count). The van der Waals surface area contributed by atoms with Crippen molar-refractivity contribution in [2.24, 2.45) is 29.6 Å². The van der Waals surface area contributed by atoms with Crippen molar-refractivity contribution in [2.45, 2.75) is 166 Å². The van der Waals surface area contributed by atoms with Crippen molar-refractivity contribution in [3.63, 3.8) is 0 Å². The van der Waals surface area contributed by atoms with Crippen LogP contribution in [0.15, 0.2) is 36.0 Å². The van der Waals surface area contributed by atoms with Crippen LogP contribution in [-0.4, -0.2) is 126 Å². The summed E-state index contributed by atoms with van der Waals surface area (Å²) in [5, 5.41) is 34.1. The molecule has 2 bridgehead atoms. The molecule has 14 atom stereocenters. The fourth-order valence-electron chi connectivity index (χ4n) is 9.60. The van der Waals surface area contributed by atoms with E-state index in [1.807, 2.05) is 26.0 Å². The number of ether oxygens (including phenoxy) is 5. The summed E-state index contributed by atoms with van der Waals surface area (Å²) < 4.78 is 29.7. The number of esters is 1. The average Bonchev–Trinajstić information content (AvgIpc) is 3.19. The number of rotatable bonds is 7. The topological polar surface area (TPSA) is 178 Å². The number of carbonyl (C=O) groups excluding carboxylic acids is 4. The number of fused-ring (bicyclic) bond motifs is 3. The third kappa shape index (κ3) is 11.7. The number of Topliss-reactive ketones (excluding diaryl/α,β-unsaturated/α-hetero) is 2. The van der Waals surface area contributed by atoms with Gasteiger partial charge in [-0.3, -0.25) is 14.4 Å². The van der Waals surface area contributed by atoms with Crippen LogP contribution in [0.25, 0.3) is 0 Å². The second kappa shape index (κ2) is 21.7. The van der Waals surface area contributed by atoms with Crippen LogP contribution in [0, 0.1) is 29.6 Å². The zero-order valence-electron chi connectivity index (χ0n) is 36.1. The number of allylic oxidation sites excluding steroid dienone is 4. The molecule has 0 radical (unpaired) electrons. The van der Waals surface area contributed by atoms with Crippen molar-refractivity contribution in [3.8, 4) is 0 Å². The summed E-state index contributed by atoms with van der Waals surface area (Å²) in [4.78, 5) is 57.8. The predicted molar refractivity (Wildman–Crippen MR) is 217 cm³/mol. The van der Waals surface area contributed by atoms with Crippen molar-refractivity contribution in [1.82, 2.24) is 4.90 Å². The number of piperidine rings is 1. The molecule has 58 heavy (non-hydrogen) atoms. The molecule has 1 amide bonds. The summed E-state index contributed by atoms with van der Waals surface area (Å²) in [7, 11) is 4.70. The Labute approximate surface area is 345 Å². The van der Waals surface area contributed by atoms with Crippen LogP contribution in [0.5, 0.6) is 0 Å². The van der Waals surface area contributed by atoms with E-state index in [9.17, 15) is 34.5 Å². The number of aliphatic hydroxyl groups excluding tert-OH is 2. The first-order chi connectivity index (χ1) is 27.5. The summed E-state index contributed by atoms with van der Waals surface area (Å²) in [5.41, 5.74) is 1.65. The Kier molecular flexibility index (Phi) is 17.9. The molecule has 0 spiro atoms. The lowest BCUT2D eigenvalue weighted by atomic mass is 9.81. The first-order valence-corrected chi connectivity index (χ1v) is 21.4. The SMILES string of the molecule is C=CC[C@@H]1/C=C(\C)C[C@H](C)C[C@H](OC)CC2O[C@@](O)(C(=O)C(=O)N3CCCC[C@H]3C(=O)O[C@H](/C(C)=C/[C@@H]3CC[C@@H](O)[C@H](OC)C3)[C@H](C)[C@@H](O)CC1=O)[C@H](C)C[C@@H]2OC. The van der Waals surface area contributed by atoms with E-state index in [1.165, 1.54) is 4.90 Å². The van der Waals surface area contributed by atoms with Gasteiger partial charge in [0, 0.05) is 58.5 Å². The monoisotopic (exact) mass is 817 g/mol. The van der Waals surface area contributed by atoms with E-state index >= 15 is 0 Å². The second-order valence-electron chi connectivity index (χ2n) is 17.7. The highest BCUT2D eigenvalue weighted by molar-refractivity contribution is 6.39. The zero-order valence-corrected chi connectivity index (χ0v) is 36.1. The maximum Gasteiger partial charge on any atom is 0.329 e. The van der Waals surface area contributed by atoms with Gasteiger partial charge >= 0.3 is 5.97 Å². The number of hydrogen-bond donors (Lipinski definition) is 3. The number of aliphatic hydroxyl groups is 3. The lowest BCUT2D eigenvalue weighted by molar-refractivity contribution is -0.289. The van der Waals surface area contributed by atoms with Gasteiger partial charge in [0.25, 0.3) is 11.7 Å². The smallest absolute Gasteiger partial charge is 0.329 e. The van der Waals surface area contributed by atoms with E-state index in [0.29, 0.717) is 56.9 Å². The molecule has 13 heteroatoms. The molecule has 13 nitrogen and oxygen atoms in total. The molecule has 3 fully saturated rings. The highest BCUT2D eigenvalue weighted by Crippen LogP contribution is 2.39. The highest BCUT2D eigenvalue weighted by atomic mass is 16.7. The molecular formula is C45H71NO12. The van der Waals surface area contributed by atoms with Gasteiger partial charge in [0.05, 0.1) is 36.6 Å². The summed E-state index contributed by atoms with van der Waals surface area (Å²) in [6.07, 6.45) is 6.02. The van der Waals surface area contributed by atoms with Crippen molar-refractivity contribution in [1.29, 1.82) is 0 Å². The molecule has 4 aliphatic rings. The zero-order chi connectivity index (χ0) is 42.9. The summed E-state index contributed by atoms with van der Waals surface area (Å²) in [6.45, 7) is 13.2. The predicted octanol–water partition coefficient (Wildman–Crippen LogP) is 5.03. The number of methoxy groups -OCH3 is 3. The molecular weight excluding hydrogens is 746 g/mol. The molecule has 0 aromatic heterocycles.